The molecule has 1 unspecified atom stereocenters. The van der Waals surface area contributed by atoms with Crippen LogP contribution in [-0.2, 0) is 0 Å². The third-order valence-electron chi connectivity index (χ3n) is 6.33. The van der Waals surface area contributed by atoms with Gasteiger partial charge in [-0.25, -0.2) is 4.98 Å². The zero-order valence-electron chi connectivity index (χ0n) is 20.0. The van der Waals surface area contributed by atoms with Gasteiger partial charge in [0.2, 0.25) is 0 Å². The van der Waals surface area contributed by atoms with Crippen LogP contribution in [0, 0.1) is 5.41 Å². The molecule has 2 aromatic rings. The van der Waals surface area contributed by atoms with Crippen molar-refractivity contribution in [2.45, 2.75) is 38.5 Å². The van der Waals surface area contributed by atoms with E-state index in [0.717, 1.165) is 37.1 Å². The minimum absolute atomic E-state index is 0.0122. The van der Waals surface area contributed by atoms with Gasteiger partial charge in [-0.15, -0.1) is 0 Å². The van der Waals surface area contributed by atoms with E-state index in [-0.39, 0.29) is 28.7 Å². The second kappa shape index (κ2) is 10.1. The van der Waals surface area contributed by atoms with Gasteiger partial charge in [0.15, 0.2) is 0 Å². The van der Waals surface area contributed by atoms with Crippen LogP contribution >= 0.6 is 0 Å². The molecule has 178 valence electrons. The number of amides is 1. The third-order valence-corrected chi connectivity index (χ3v) is 6.33. The number of piperidine rings is 1. The minimum atomic E-state index is -0.324. The molecule has 34 heavy (non-hydrogen) atoms. The van der Waals surface area contributed by atoms with Gasteiger partial charge in [0.05, 0.1) is 0 Å². The fourth-order valence-electron chi connectivity index (χ4n) is 4.45. The lowest BCUT2D eigenvalue weighted by Gasteiger charge is -2.32. The summed E-state index contributed by atoms with van der Waals surface area (Å²) in [7, 11) is 3.94. The Balaban J connectivity index is 1.58. The molecule has 1 aliphatic carbocycles. The van der Waals surface area contributed by atoms with Gasteiger partial charge in [-0.3, -0.25) is 9.59 Å². The van der Waals surface area contributed by atoms with E-state index in [1.807, 2.05) is 60.3 Å². The molecule has 0 bridgehead atoms. The van der Waals surface area contributed by atoms with E-state index >= 15 is 0 Å². The molecule has 8 heteroatoms. The van der Waals surface area contributed by atoms with Gasteiger partial charge in [-0.1, -0.05) is 12.2 Å². The monoisotopic (exact) mass is 460 g/mol. The topological polar surface area (TPSA) is 105 Å². The smallest absolute Gasteiger partial charge is 0.262 e. The number of rotatable bonds is 6. The van der Waals surface area contributed by atoms with E-state index in [1.165, 1.54) is 0 Å². The Morgan fingerprint density at radius 1 is 1.26 bits per heavy atom. The number of hydrogen-bond donors (Lipinski definition) is 3. The zero-order chi connectivity index (χ0) is 24.2. The van der Waals surface area contributed by atoms with Crippen molar-refractivity contribution in [3.05, 3.63) is 75.5 Å². The van der Waals surface area contributed by atoms with Crippen molar-refractivity contribution in [2.75, 3.05) is 37.4 Å². The maximum Gasteiger partial charge on any atom is 0.262 e. The molecule has 2 heterocycles. The zero-order valence-corrected chi connectivity index (χ0v) is 20.0. The molecule has 1 atom stereocenters. The van der Waals surface area contributed by atoms with Crippen molar-refractivity contribution >= 4 is 23.1 Å². The average Bonchev–Trinajstić information content (AvgIpc) is 2.84. The first-order valence-corrected chi connectivity index (χ1v) is 11.7. The standard InChI is InChI=1S/C26H32N6O2/c1-17(27)22-24(28-20-9-5-4-6-10-20)29-23(30-25(22)33)19-8-7-15-32(16-19)26(34)18-11-13-21(14-12-18)31(2)3/h4-5,9,11-14,19,27H,6-8,10,15-16H2,1-3H3,(H2,28,29,30,33). The summed E-state index contributed by atoms with van der Waals surface area (Å²) in [5.74, 6) is 0.884. The first-order chi connectivity index (χ1) is 16.3. The van der Waals surface area contributed by atoms with E-state index in [2.05, 4.69) is 16.4 Å². The lowest BCUT2D eigenvalue weighted by Crippen LogP contribution is -2.40. The lowest BCUT2D eigenvalue weighted by molar-refractivity contribution is 0.0704. The fraction of sp³-hybridized carbons (Fsp3) is 0.385. The molecule has 0 saturated carbocycles. The second-order valence-electron chi connectivity index (χ2n) is 9.12. The molecule has 0 radical (unpaired) electrons. The third kappa shape index (κ3) is 5.11. The molecule has 1 saturated heterocycles. The Bertz CT molecular complexity index is 1190. The van der Waals surface area contributed by atoms with Crippen LogP contribution in [0.2, 0.25) is 0 Å². The lowest BCUT2D eigenvalue weighted by atomic mass is 9.96. The number of hydrogen-bond acceptors (Lipinski definition) is 6. The number of likely N-dealkylation sites (tertiary alicyclic amines) is 1. The highest BCUT2D eigenvalue weighted by Crippen LogP contribution is 2.27. The van der Waals surface area contributed by atoms with Crippen molar-refractivity contribution in [2.24, 2.45) is 0 Å². The van der Waals surface area contributed by atoms with Crippen LogP contribution in [0.15, 0.2) is 53.0 Å². The molecular weight excluding hydrogens is 428 g/mol. The molecular formula is C26H32N6O2. The number of nitrogens with zero attached hydrogens (tertiary/aromatic N) is 3. The Kier molecular flexibility index (Phi) is 6.95. The molecule has 3 N–H and O–H groups in total. The molecule has 1 fully saturated rings. The number of carbonyl (C=O) groups is 1. The normalized spacial score (nSPS) is 17.8. The Morgan fingerprint density at radius 2 is 2.03 bits per heavy atom. The van der Waals surface area contributed by atoms with Gasteiger partial charge in [-0.05, 0) is 62.9 Å². The summed E-state index contributed by atoms with van der Waals surface area (Å²) in [5, 5.41) is 11.4. The van der Waals surface area contributed by atoms with Crippen LogP contribution in [0.25, 0.3) is 0 Å². The maximum atomic E-state index is 13.2. The predicted octanol–water partition coefficient (Wildman–Crippen LogP) is 3.89. The van der Waals surface area contributed by atoms with E-state index in [0.29, 0.717) is 30.3 Å². The molecule has 4 rings (SSSR count). The summed E-state index contributed by atoms with van der Waals surface area (Å²) in [6.07, 6.45) is 9.45. The summed E-state index contributed by atoms with van der Waals surface area (Å²) in [4.78, 5) is 37.6. The number of allylic oxidation sites excluding steroid dienone is 4. The fourth-order valence-corrected chi connectivity index (χ4v) is 4.45. The largest absolute Gasteiger partial charge is 0.378 e. The molecule has 1 aromatic carbocycles. The van der Waals surface area contributed by atoms with Crippen molar-refractivity contribution in [3.63, 3.8) is 0 Å². The minimum Gasteiger partial charge on any atom is -0.378 e. The average molecular weight is 461 g/mol. The predicted molar refractivity (Wildman–Crippen MR) is 136 cm³/mol. The summed E-state index contributed by atoms with van der Waals surface area (Å²) in [6, 6.07) is 7.60. The number of anilines is 2. The van der Waals surface area contributed by atoms with E-state index in [1.54, 1.807) is 6.92 Å². The quantitative estimate of drug-likeness (QED) is 0.567. The van der Waals surface area contributed by atoms with Gasteiger partial charge in [0.1, 0.15) is 17.2 Å². The first-order valence-electron chi connectivity index (χ1n) is 11.7. The Hall–Kier alpha value is -3.68. The summed E-state index contributed by atoms with van der Waals surface area (Å²) in [5.41, 5.74) is 2.76. The molecule has 1 aromatic heterocycles. The molecule has 8 nitrogen and oxygen atoms in total. The van der Waals surface area contributed by atoms with Crippen molar-refractivity contribution in [1.29, 1.82) is 5.41 Å². The van der Waals surface area contributed by atoms with Gasteiger partial charge in [0.25, 0.3) is 11.5 Å². The maximum absolute atomic E-state index is 13.2. The molecule has 0 spiro atoms. The van der Waals surface area contributed by atoms with E-state index in [9.17, 15) is 9.59 Å². The Morgan fingerprint density at radius 3 is 2.68 bits per heavy atom. The van der Waals surface area contributed by atoms with Gasteiger partial charge >= 0.3 is 0 Å². The number of H-pyrrole nitrogens is 1. The van der Waals surface area contributed by atoms with Crippen molar-refractivity contribution in [3.8, 4) is 0 Å². The SMILES string of the molecule is CC(=N)c1c(NC2=CC=CCC2)nc(C2CCCN(C(=O)c3ccc(N(C)C)cc3)C2)[nH]c1=O. The Labute approximate surface area is 199 Å². The van der Waals surface area contributed by atoms with Crippen molar-refractivity contribution < 1.29 is 4.79 Å². The van der Waals surface area contributed by atoms with Crippen LogP contribution in [0.3, 0.4) is 0 Å². The number of carbonyl (C=O) groups excluding carboxylic acids is 1. The summed E-state index contributed by atoms with van der Waals surface area (Å²) >= 11 is 0. The second-order valence-corrected chi connectivity index (χ2v) is 9.12. The first kappa shape index (κ1) is 23.5. The molecule has 1 amide bonds. The molecule has 2 aliphatic rings. The summed E-state index contributed by atoms with van der Waals surface area (Å²) in [6.45, 7) is 2.76. The van der Waals surface area contributed by atoms with Gasteiger partial charge < -0.3 is 25.5 Å². The highest BCUT2D eigenvalue weighted by atomic mass is 16.2. The van der Waals surface area contributed by atoms with E-state index < -0.39 is 0 Å². The van der Waals surface area contributed by atoms with Gasteiger partial charge in [0, 0.05) is 55.8 Å². The highest BCUT2D eigenvalue weighted by Gasteiger charge is 2.28. The molecule has 1 aliphatic heterocycles. The van der Waals surface area contributed by atoms with Crippen molar-refractivity contribution in [1.82, 2.24) is 14.9 Å². The number of aromatic amines is 1. The number of benzene rings is 1. The number of nitrogens with one attached hydrogen (secondary N) is 3. The van der Waals surface area contributed by atoms with Crippen LogP contribution in [0.1, 0.15) is 60.3 Å². The van der Waals surface area contributed by atoms with Crippen LogP contribution in [0.4, 0.5) is 11.5 Å². The number of aromatic nitrogens is 2. The van der Waals surface area contributed by atoms with Crippen LogP contribution < -0.4 is 15.8 Å². The summed E-state index contributed by atoms with van der Waals surface area (Å²) < 4.78 is 0. The van der Waals surface area contributed by atoms with E-state index in [4.69, 9.17) is 10.4 Å². The highest BCUT2D eigenvalue weighted by molar-refractivity contribution is 6.00. The van der Waals surface area contributed by atoms with Gasteiger partial charge in [-0.2, -0.15) is 0 Å². The van der Waals surface area contributed by atoms with Crippen LogP contribution in [-0.4, -0.2) is 53.7 Å². The van der Waals surface area contributed by atoms with Crippen LogP contribution in [0.5, 0.6) is 0 Å².